The third-order valence-electron chi connectivity index (χ3n) is 3.18. The molecular weight excluding hydrogens is 307 g/mol. The molecule has 8 heteroatoms. The molecule has 1 N–H and O–H groups in total. The zero-order chi connectivity index (χ0) is 16.4. The molecule has 2 aromatic heterocycles. The minimum atomic E-state index is -4.42. The summed E-state index contributed by atoms with van der Waals surface area (Å²) in [4.78, 5) is 3.85. The van der Waals surface area contributed by atoms with Crippen molar-refractivity contribution in [1.82, 2.24) is 20.4 Å². The van der Waals surface area contributed by atoms with Crippen molar-refractivity contribution in [2.24, 2.45) is 0 Å². The summed E-state index contributed by atoms with van der Waals surface area (Å²) in [6.45, 7) is 0. The normalized spacial score (nSPS) is 11.2. The van der Waals surface area contributed by atoms with Gasteiger partial charge in [-0.2, -0.15) is 18.4 Å². The van der Waals surface area contributed by atoms with Crippen LogP contribution < -0.4 is 0 Å². The average molecular weight is 315 g/mol. The lowest BCUT2D eigenvalue weighted by atomic mass is 10.0. The van der Waals surface area contributed by atoms with Gasteiger partial charge in [0, 0.05) is 17.3 Å². The second kappa shape index (κ2) is 5.53. The van der Waals surface area contributed by atoms with E-state index in [9.17, 15) is 13.2 Å². The van der Waals surface area contributed by atoms with Crippen LogP contribution in [0.4, 0.5) is 13.2 Å². The van der Waals surface area contributed by atoms with Gasteiger partial charge in [0.1, 0.15) is 11.8 Å². The van der Waals surface area contributed by atoms with Crippen LogP contribution in [0.1, 0.15) is 11.3 Å². The van der Waals surface area contributed by atoms with Gasteiger partial charge >= 0.3 is 6.18 Å². The fourth-order valence-electron chi connectivity index (χ4n) is 2.07. The van der Waals surface area contributed by atoms with Crippen molar-refractivity contribution < 1.29 is 13.2 Å². The van der Waals surface area contributed by atoms with Crippen LogP contribution in [0.2, 0.25) is 0 Å². The zero-order valence-electron chi connectivity index (χ0n) is 11.5. The molecule has 0 aliphatic carbocycles. The fourth-order valence-corrected chi connectivity index (χ4v) is 2.07. The summed E-state index contributed by atoms with van der Waals surface area (Å²) in [6.07, 6.45) is -3.63. The van der Waals surface area contributed by atoms with Crippen molar-refractivity contribution in [3.8, 4) is 28.6 Å². The third-order valence-corrected chi connectivity index (χ3v) is 3.18. The number of pyridine rings is 1. The first-order chi connectivity index (χ1) is 11.0. The molecule has 0 atom stereocenters. The van der Waals surface area contributed by atoms with Crippen LogP contribution in [0.15, 0.2) is 42.6 Å². The Morgan fingerprint density at radius 2 is 1.87 bits per heavy atom. The summed E-state index contributed by atoms with van der Waals surface area (Å²) in [7, 11) is 0. The molecule has 0 saturated carbocycles. The highest BCUT2D eigenvalue weighted by atomic mass is 19.4. The average Bonchev–Trinajstić information content (AvgIpc) is 3.03. The first-order valence-electron chi connectivity index (χ1n) is 6.44. The summed E-state index contributed by atoms with van der Waals surface area (Å²) in [5.74, 6) is 0. The molecule has 3 rings (SSSR count). The Labute approximate surface area is 128 Å². The number of hydrogen-bond acceptors (Lipinski definition) is 4. The monoisotopic (exact) mass is 315 g/mol. The minimum absolute atomic E-state index is 0.211. The third kappa shape index (κ3) is 2.89. The van der Waals surface area contributed by atoms with E-state index in [1.165, 1.54) is 6.07 Å². The number of nitrogens with zero attached hydrogens (tertiary/aromatic N) is 4. The molecule has 0 aliphatic heterocycles. The van der Waals surface area contributed by atoms with Gasteiger partial charge in [0.05, 0.1) is 11.3 Å². The van der Waals surface area contributed by atoms with Crippen molar-refractivity contribution in [3.05, 3.63) is 53.9 Å². The summed E-state index contributed by atoms with van der Waals surface area (Å²) in [5, 5.41) is 18.9. The lowest BCUT2D eigenvalue weighted by molar-refractivity contribution is -0.137. The van der Waals surface area contributed by atoms with Crippen molar-refractivity contribution in [2.75, 3.05) is 0 Å². The number of H-pyrrole nitrogens is 1. The van der Waals surface area contributed by atoms with E-state index in [0.717, 1.165) is 12.3 Å². The van der Waals surface area contributed by atoms with E-state index >= 15 is 0 Å². The lowest BCUT2D eigenvalue weighted by Crippen LogP contribution is -2.05. The number of aromatic amines is 1. The zero-order valence-corrected chi connectivity index (χ0v) is 11.5. The Hall–Kier alpha value is -3.21. The van der Waals surface area contributed by atoms with Crippen LogP contribution in [0.25, 0.3) is 22.5 Å². The highest BCUT2D eigenvalue weighted by Crippen LogP contribution is 2.30. The number of halogens is 3. The summed E-state index contributed by atoms with van der Waals surface area (Å²) >= 11 is 0. The number of alkyl halides is 3. The number of aromatic nitrogens is 4. The van der Waals surface area contributed by atoms with Gasteiger partial charge in [0.25, 0.3) is 0 Å². The molecule has 0 saturated heterocycles. The Kier molecular flexibility index (Phi) is 3.54. The Morgan fingerprint density at radius 1 is 1.09 bits per heavy atom. The van der Waals surface area contributed by atoms with Gasteiger partial charge < -0.3 is 0 Å². The largest absolute Gasteiger partial charge is 0.417 e. The molecule has 1 aromatic carbocycles. The number of hydrogen-bond donors (Lipinski definition) is 1. The van der Waals surface area contributed by atoms with Crippen LogP contribution in [0.3, 0.4) is 0 Å². The van der Waals surface area contributed by atoms with Gasteiger partial charge in [-0.3, -0.25) is 4.98 Å². The Bertz CT molecular complexity index is 875. The summed E-state index contributed by atoms with van der Waals surface area (Å²) in [6, 6.07) is 11.1. The molecule has 0 amide bonds. The van der Waals surface area contributed by atoms with Gasteiger partial charge in [-0.15, -0.1) is 5.10 Å². The van der Waals surface area contributed by atoms with Crippen LogP contribution in [-0.2, 0) is 6.18 Å². The first kappa shape index (κ1) is 14.7. The highest BCUT2D eigenvalue weighted by Gasteiger charge is 2.30. The smallest absolute Gasteiger partial charge is 0.256 e. The fraction of sp³-hybridized carbons (Fsp3) is 0.0667. The van der Waals surface area contributed by atoms with E-state index in [0.29, 0.717) is 22.5 Å². The van der Waals surface area contributed by atoms with E-state index in [4.69, 9.17) is 5.26 Å². The number of benzene rings is 1. The molecular formula is C15H8F3N5. The second-order valence-electron chi connectivity index (χ2n) is 4.66. The van der Waals surface area contributed by atoms with Crippen LogP contribution in [0, 0.1) is 11.3 Å². The molecule has 2 heterocycles. The maximum absolute atomic E-state index is 12.6. The van der Waals surface area contributed by atoms with Crippen molar-refractivity contribution in [2.45, 2.75) is 6.18 Å². The number of rotatable bonds is 2. The molecule has 114 valence electrons. The van der Waals surface area contributed by atoms with Gasteiger partial charge in [-0.05, 0) is 18.2 Å². The van der Waals surface area contributed by atoms with Gasteiger partial charge in [0.2, 0.25) is 0 Å². The highest BCUT2D eigenvalue weighted by molar-refractivity contribution is 5.71. The minimum Gasteiger partial charge on any atom is -0.256 e. The standard InChI is InChI=1S/C15H8F3N5/c16-15(17,18)11-4-5-12(20-8-11)9-2-1-3-10(6-9)14-13(7-19)21-23-22-14/h1-6,8H,(H,21,22,23). The molecule has 0 fully saturated rings. The van der Waals surface area contributed by atoms with Crippen molar-refractivity contribution in [3.63, 3.8) is 0 Å². The Morgan fingerprint density at radius 3 is 2.52 bits per heavy atom. The maximum atomic E-state index is 12.6. The molecule has 0 aliphatic rings. The van der Waals surface area contributed by atoms with Crippen LogP contribution in [0.5, 0.6) is 0 Å². The van der Waals surface area contributed by atoms with E-state index in [1.807, 2.05) is 6.07 Å². The molecule has 3 aromatic rings. The lowest BCUT2D eigenvalue weighted by Gasteiger charge is -2.07. The van der Waals surface area contributed by atoms with E-state index in [2.05, 4.69) is 20.4 Å². The molecule has 5 nitrogen and oxygen atoms in total. The quantitative estimate of drug-likeness (QED) is 0.786. The van der Waals surface area contributed by atoms with Gasteiger partial charge in [-0.1, -0.05) is 23.4 Å². The van der Waals surface area contributed by atoms with E-state index < -0.39 is 11.7 Å². The maximum Gasteiger partial charge on any atom is 0.417 e. The van der Waals surface area contributed by atoms with Gasteiger partial charge in [-0.25, -0.2) is 5.10 Å². The van der Waals surface area contributed by atoms with E-state index in [1.54, 1.807) is 24.3 Å². The Balaban J connectivity index is 1.99. The number of nitriles is 1. The SMILES string of the molecule is N#Cc1[nH]nnc1-c1cccc(-c2ccc(C(F)(F)F)cn2)c1. The van der Waals surface area contributed by atoms with Crippen molar-refractivity contribution in [1.29, 1.82) is 5.26 Å². The molecule has 0 unspecified atom stereocenters. The van der Waals surface area contributed by atoms with E-state index in [-0.39, 0.29) is 5.69 Å². The van der Waals surface area contributed by atoms with Crippen LogP contribution >= 0.6 is 0 Å². The first-order valence-corrected chi connectivity index (χ1v) is 6.44. The predicted octanol–water partition coefficient (Wildman–Crippen LogP) is 3.42. The van der Waals surface area contributed by atoms with Crippen LogP contribution in [-0.4, -0.2) is 20.4 Å². The van der Waals surface area contributed by atoms with Crippen molar-refractivity contribution >= 4 is 0 Å². The summed E-state index contributed by atoms with van der Waals surface area (Å²) in [5.41, 5.74) is 1.41. The molecule has 0 radical (unpaired) electrons. The second-order valence-corrected chi connectivity index (χ2v) is 4.66. The predicted molar refractivity (Wildman–Crippen MR) is 74.8 cm³/mol. The molecule has 0 bridgehead atoms. The topological polar surface area (TPSA) is 78.2 Å². The van der Waals surface area contributed by atoms with Gasteiger partial charge in [0.15, 0.2) is 5.69 Å². The number of nitrogens with one attached hydrogen (secondary N) is 1. The summed E-state index contributed by atoms with van der Waals surface area (Å²) < 4.78 is 37.7. The molecule has 0 spiro atoms. The molecule has 23 heavy (non-hydrogen) atoms.